The molecule has 2 rings (SSSR count). The Kier molecular flexibility index (Phi) is 10.00. The second-order valence-electron chi connectivity index (χ2n) is 7.21. The van der Waals surface area contributed by atoms with Crippen LogP contribution < -0.4 is 10.9 Å². The topological polar surface area (TPSA) is 82.9 Å². The Morgan fingerprint density at radius 1 is 0.700 bits per heavy atom. The van der Waals surface area contributed by atoms with E-state index >= 15 is 0 Å². The maximum absolute atomic E-state index is 11.8. The van der Waals surface area contributed by atoms with Gasteiger partial charge in [0, 0.05) is 12.8 Å². The molecule has 30 heavy (non-hydrogen) atoms. The average Bonchev–Trinajstić information content (AvgIpc) is 2.73. The van der Waals surface area contributed by atoms with Gasteiger partial charge >= 0.3 is 0 Å². The summed E-state index contributed by atoms with van der Waals surface area (Å²) in [5, 5.41) is 8.01. The van der Waals surface area contributed by atoms with Crippen LogP contribution in [0.1, 0.15) is 60.8 Å². The zero-order valence-corrected chi connectivity index (χ0v) is 17.7. The first-order valence-electron chi connectivity index (χ1n) is 10.3. The van der Waals surface area contributed by atoms with Crippen LogP contribution in [0.3, 0.4) is 0 Å². The lowest BCUT2D eigenvalue weighted by Gasteiger charge is -2.02. The van der Waals surface area contributed by atoms with Crippen molar-refractivity contribution in [1.29, 1.82) is 0 Å². The molecular formula is C24H30N4O2. The number of nitrogens with zero attached hydrogens (tertiary/aromatic N) is 2. The Morgan fingerprint density at radius 3 is 1.50 bits per heavy atom. The molecule has 0 saturated heterocycles. The molecular weight excluding hydrogens is 376 g/mol. The van der Waals surface area contributed by atoms with Crippen LogP contribution in [-0.2, 0) is 9.59 Å². The minimum Gasteiger partial charge on any atom is -0.273 e. The average molecular weight is 407 g/mol. The van der Waals surface area contributed by atoms with Gasteiger partial charge in [-0.05, 0) is 48.9 Å². The Balaban J connectivity index is 1.52. The third kappa shape index (κ3) is 8.82. The third-order valence-corrected chi connectivity index (χ3v) is 4.72. The van der Waals surface area contributed by atoms with Gasteiger partial charge in [0.25, 0.3) is 0 Å². The van der Waals surface area contributed by atoms with Gasteiger partial charge in [-0.2, -0.15) is 10.2 Å². The standard InChI is InChI=1S/C24H30N4O2/c1-19-11-7-9-13-21(19)17-25-27-23(29)15-5-3-4-6-16-24(30)28-26-18-22-14-10-8-12-20(22)2/h7-14,17-18H,3-6,15-16H2,1-2H3,(H,27,29)(H,28,30)/b25-17+,26-18+. The molecule has 2 aromatic rings. The second kappa shape index (κ2) is 13.0. The van der Waals surface area contributed by atoms with Crippen molar-refractivity contribution in [2.45, 2.75) is 52.4 Å². The summed E-state index contributed by atoms with van der Waals surface area (Å²) in [5.74, 6) is -0.189. The summed E-state index contributed by atoms with van der Waals surface area (Å²) >= 11 is 0. The van der Waals surface area contributed by atoms with Gasteiger partial charge in [0.1, 0.15) is 0 Å². The smallest absolute Gasteiger partial charge is 0.240 e. The van der Waals surface area contributed by atoms with Gasteiger partial charge in [-0.25, -0.2) is 10.9 Å². The zero-order valence-electron chi connectivity index (χ0n) is 17.7. The lowest BCUT2D eigenvalue weighted by atomic mass is 10.1. The molecule has 0 saturated carbocycles. The quantitative estimate of drug-likeness (QED) is 0.332. The molecule has 0 aliphatic rings. The molecule has 0 spiro atoms. The SMILES string of the molecule is Cc1ccccc1/C=N/NC(=O)CCCCCCC(=O)N/N=C/c1ccccc1C. The monoisotopic (exact) mass is 406 g/mol. The van der Waals surface area contributed by atoms with Crippen LogP contribution in [0.25, 0.3) is 0 Å². The molecule has 0 aliphatic carbocycles. The molecule has 0 atom stereocenters. The van der Waals surface area contributed by atoms with Crippen molar-refractivity contribution in [3.8, 4) is 0 Å². The van der Waals surface area contributed by atoms with Gasteiger partial charge in [0.2, 0.25) is 11.8 Å². The number of aryl methyl sites for hydroxylation is 2. The molecule has 0 radical (unpaired) electrons. The first-order chi connectivity index (χ1) is 14.6. The van der Waals surface area contributed by atoms with E-state index in [1.54, 1.807) is 12.4 Å². The second-order valence-corrected chi connectivity index (χ2v) is 7.21. The number of amides is 2. The number of hydrogen-bond acceptors (Lipinski definition) is 4. The van der Waals surface area contributed by atoms with Crippen LogP contribution in [0, 0.1) is 13.8 Å². The molecule has 2 aromatic carbocycles. The van der Waals surface area contributed by atoms with E-state index in [9.17, 15) is 9.59 Å². The van der Waals surface area contributed by atoms with Crippen LogP contribution >= 0.6 is 0 Å². The molecule has 2 amide bonds. The number of carbonyl (C=O) groups excluding carboxylic acids is 2. The zero-order chi connectivity index (χ0) is 21.6. The van der Waals surface area contributed by atoms with E-state index in [-0.39, 0.29) is 11.8 Å². The summed E-state index contributed by atoms with van der Waals surface area (Å²) in [4.78, 5) is 23.6. The predicted octanol–water partition coefficient (Wildman–Crippen LogP) is 4.24. The van der Waals surface area contributed by atoms with Crippen molar-refractivity contribution in [1.82, 2.24) is 10.9 Å². The maximum Gasteiger partial charge on any atom is 0.240 e. The van der Waals surface area contributed by atoms with Crippen molar-refractivity contribution in [2.24, 2.45) is 10.2 Å². The number of nitrogens with one attached hydrogen (secondary N) is 2. The van der Waals surface area contributed by atoms with E-state index in [0.717, 1.165) is 47.9 Å². The molecule has 0 aromatic heterocycles. The lowest BCUT2D eigenvalue weighted by molar-refractivity contribution is -0.122. The number of carbonyl (C=O) groups is 2. The highest BCUT2D eigenvalue weighted by Gasteiger charge is 2.02. The van der Waals surface area contributed by atoms with Crippen molar-refractivity contribution in [2.75, 3.05) is 0 Å². The fourth-order valence-corrected chi connectivity index (χ4v) is 2.85. The van der Waals surface area contributed by atoms with Crippen LogP contribution in [-0.4, -0.2) is 24.2 Å². The van der Waals surface area contributed by atoms with Crippen LogP contribution in [0.4, 0.5) is 0 Å². The van der Waals surface area contributed by atoms with Crippen LogP contribution in [0.15, 0.2) is 58.7 Å². The van der Waals surface area contributed by atoms with E-state index in [0.29, 0.717) is 12.8 Å². The number of benzene rings is 2. The van der Waals surface area contributed by atoms with Gasteiger partial charge in [-0.15, -0.1) is 0 Å². The van der Waals surface area contributed by atoms with Gasteiger partial charge in [-0.3, -0.25) is 9.59 Å². The lowest BCUT2D eigenvalue weighted by Crippen LogP contribution is -2.17. The Bertz CT molecular complexity index is 817. The van der Waals surface area contributed by atoms with Gasteiger partial charge in [-0.1, -0.05) is 61.4 Å². The molecule has 0 fully saturated rings. The minimum absolute atomic E-state index is 0.0943. The van der Waals surface area contributed by atoms with Crippen molar-refractivity contribution < 1.29 is 9.59 Å². The summed E-state index contributed by atoms with van der Waals surface area (Å²) in [6, 6.07) is 15.7. The summed E-state index contributed by atoms with van der Waals surface area (Å²) in [6.45, 7) is 4.00. The molecule has 0 heterocycles. The summed E-state index contributed by atoms with van der Waals surface area (Å²) in [6.07, 6.45) is 7.53. The largest absolute Gasteiger partial charge is 0.273 e. The molecule has 6 nitrogen and oxygen atoms in total. The number of hydrazone groups is 2. The highest BCUT2D eigenvalue weighted by molar-refractivity contribution is 5.84. The summed E-state index contributed by atoms with van der Waals surface area (Å²) < 4.78 is 0. The Hall–Kier alpha value is -3.28. The van der Waals surface area contributed by atoms with Crippen LogP contribution in [0.2, 0.25) is 0 Å². The molecule has 0 bridgehead atoms. The molecule has 6 heteroatoms. The molecule has 0 unspecified atom stereocenters. The van der Waals surface area contributed by atoms with Crippen molar-refractivity contribution in [3.05, 3.63) is 70.8 Å². The fraction of sp³-hybridized carbons (Fsp3) is 0.333. The highest BCUT2D eigenvalue weighted by Crippen LogP contribution is 2.06. The van der Waals surface area contributed by atoms with E-state index in [4.69, 9.17) is 0 Å². The van der Waals surface area contributed by atoms with Gasteiger partial charge < -0.3 is 0 Å². The third-order valence-electron chi connectivity index (χ3n) is 4.72. The fourth-order valence-electron chi connectivity index (χ4n) is 2.85. The number of unbranched alkanes of at least 4 members (excludes halogenated alkanes) is 3. The Labute approximate surface area is 178 Å². The van der Waals surface area contributed by atoms with Crippen molar-refractivity contribution >= 4 is 24.2 Å². The first kappa shape index (κ1) is 23.0. The summed E-state index contributed by atoms with van der Waals surface area (Å²) in [5.41, 5.74) is 9.31. The number of rotatable bonds is 11. The van der Waals surface area contributed by atoms with E-state index < -0.39 is 0 Å². The molecule has 0 aliphatic heterocycles. The first-order valence-corrected chi connectivity index (χ1v) is 10.3. The highest BCUT2D eigenvalue weighted by atomic mass is 16.2. The van der Waals surface area contributed by atoms with Crippen molar-refractivity contribution in [3.63, 3.8) is 0 Å². The maximum atomic E-state index is 11.8. The predicted molar refractivity (Wildman–Crippen MR) is 122 cm³/mol. The minimum atomic E-state index is -0.0943. The Morgan fingerprint density at radius 2 is 1.10 bits per heavy atom. The molecule has 2 N–H and O–H groups in total. The van der Waals surface area contributed by atoms with E-state index in [2.05, 4.69) is 21.1 Å². The number of hydrogen-bond donors (Lipinski definition) is 2. The summed E-state index contributed by atoms with van der Waals surface area (Å²) in [7, 11) is 0. The van der Waals surface area contributed by atoms with Crippen LogP contribution in [0.5, 0.6) is 0 Å². The van der Waals surface area contributed by atoms with Gasteiger partial charge in [0.15, 0.2) is 0 Å². The van der Waals surface area contributed by atoms with E-state index in [1.807, 2.05) is 62.4 Å². The normalized spacial score (nSPS) is 11.1. The van der Waals surface area contributed by atoms with E-state index in [1.165, 1.54) is 0 Å². The van der Waals surface area contributed by atoms with Gasteiger partial charge in [0.05, 0.1) is 12.4 Å². The molecule has 158 valence electrons.